The van der Waals surface area contributed by atoms with Gasteiger partial charge in [-0.05, 0) is 55.3 Å². The van der Waals surface area contributed by atoms with E-state index in [1.165, 1.54) is 0 Å². The third-order valence-corrected chi connectivity index (χ3v) is 4.24. The van der Waals surface area contributed by atoms with Crippen molar-refractivity contribution in [2.75, 3.05) is 0 Å². The lowest BCUT2D eigenvalue weighted by Gasteiger charge is -2.12. The molecule has 5 heteroatoms. The predicted molar refractivity (Wildman–Crippen MR) is 99.6 cm³/mol. The topological polar surface area (TPSA) is 63.7 Å². The summed E-state index contributed by atoms with van der Waals surface area (Å²) in [5.41, 5.74) is 4.94. The minimum Gasteiger partial charge on any atom is -0.457 e. The molecular weight excluding hydrogens is 324 g/mol. The van der Waals surface area contributed by atoms with Crippen molar-refractivity contribution in [3.8, 4) is 23.3 Å². The normalized spacial score (nSPS) is 10.7. The van der Waals surface area contributed by atoms with Crippen LogP contribution in [0, 0.1) is 25.2 Å². The summed E-state index contributed by atoms with van der Waals surface area (Å²) in [5, 5.41) is 17.9. The zero-order valence-corrected chi connectivity index (χ0v) is 14.5. The molecule has 4 aromatic rings. The van der Waals surface area contributed by atoms with Crippen molar-refractivity contribution in [2.24, 2.45) is 0 Å². The predicted octanol–water partition coefficient (Wildman–Crippen LogP) is 4.70. The number of aromatic nitrogens is 3. The van der Waals surface area contributed by atoms with Gasteiger partial charge >= 0.3 is 0 Å². The first kappa shape index (κ1) is 15.9. The Morgan fingerprint density at radius 3 is 2.69 bits per heavy atom. The summed E-state index contributed by atoms with van der Waals surface area (Å²) in [6, 6.07) is 21.3. The summed E-state index contributed by atoms with van der Waals surface area (Å²) in [6.07, 6.45) is 0. The number of rotatable bonds is 3. The Balaban J connectivity index is 1.81. The molecule has 1 aromatic heterocycles. The number of ether oxygens (including phenoxy) is 1. The highest BCUT2D eigenvalue weighted by Gasteiger charge is 2.12. The molecule has 0 aliphatic heterocycles. The van der Waals surface area contributed by atoms with Crippen LogP contribution >= 0.6 is 0 Å². The smallest absolute Gasteiger partial charge is 0.130 e. The fraction of sp³-hybridized carbons (Fsp3) is 0.0952. The van der Waals surface area contributed by atoms with Gasteiger partial charge in [0.1, 0.15) is 23.1 Å². The number of nitriles is 1. The van der Waals surface area contributed by atoms with Crippen LogP contribution < -0.4 is 4.74 Å². The molecule has 0 aliphatic carbocycles. The van der Waals surface area contributed by atoms with E-state index >= 15 is 0 Å². The van der Waals surface area contributed by atoms with E-state index in [-0.39, 0.29) is 0 Å². The molecule has 0 saturated heterocycles. The number of hydrogen-bond donors (Lipinski definition) is 0. The highest BCUT2D eigenvalue weighted by molar-refractivity contribution is 5.76. The van der Waals surface area contributed by atoms with E-state index in [1.54, 1.807) is 16.8 Å². The highest BCUT2D eigenvalue weighted by atomic mass is 16.5. The van der Waals surface area contributed by atoms with Gasteiger partial charge in [-0.25, -0.2) is 4.68 Å². The van der Waals surface area contributed by atoms with Crippen molar-refractivity contribution >= 4 is 11.0 Å². The summed E-state index contributed by atoms with van der Waals surface area (Å²) < 4.78 is 7.74. The summed E-state index contributed by atoms with van der Waals surface area (Å²) >= 11 is 0. The van der Waals surface area contributed by atoms with E-state index in [0.717, 1.165) is 27.9 Å². The number of para-hydroxylation sites is 1. The summed E-state index contributed by atoms with van der Waals surface area (Å²) in [5.74, 6) is 1.44. The first-order valence-corrected chi connectivity index (χ1v) is 8.26. The Labute approximate surface area is 151 Å². The van der Waals surface area contributed by atoms with Crippen LogP contribution in [0.15, 0.2) is 60.7 Å². The maximum atomic E-state index is 9.50. The third kappa shape index (κ3) is 2.78. The van der Waals surface area contributed by atoms with Crippen LogP contribution in [0.1, 0.15) is 16.7 Å². The minimum atomic E-state index is 0.508. The van der Waals surface area contributed by atoms with Crippen LogP contribution in [0.25, 0.3) is 16.7 Å². The summed E-state index contributed by atoms with van der Waals surface area (Å²) in [7, 11) is 0. The van der Waals surface area contributed by atoms with Crippen molar-refractivity contribution in [3.63, 3.8) is 0 Å². The fourth-order valence-electron chi connectivity index (χ4n) is 2.84. The second-order valence-electron chi connectivity index (χ2n) is 6.15. The Hall–Kier alpha value is -3.65. The Bertz CT molecular complexity index is 1150. The number of benzene rings is 3. The van der Waals surface area contributed by atoms with Crippen LogP contribution in [0.5, 0.6) is 11.5 Å². The first-order chi connectivity index (χ1) is 12.7. The number of hydrogen-bond acceptors (Lipinski definition) is 4. The molecule has 126 valence electrons. The van der Waals surface area contributed by atoms with E-state index in [4.69, 9.17) is 4.74 Å². The van der Waals surface area contributed by atoms with E-state index < -0.39 is 0 Å². The van der Waals surface area contributed by atoms with Gasteiger partial charge < -0.3 is 4.74 Å². The first-order valence-electron chi connectivity index (χ1n) is 8.26. The van der Waals surface area contributed by atoms with Crippen LogP contribution in [-0.4, -0.2) is 15.0 Å². The van der Waals surface area contributed by atoms with Gasteiger partial charge in [0.25, 0.3) is 0 Å². The molecule has 0 fully saturated rings. The van der Waals surface area contributed by atoms with Gasteiger partial charge in [-0.2, -0.15) is 5.26 Å². The van der Waals surface area contributed by atoms with Gasteiger partial charge in [-0.15, -0.1) is 5.10 Å². The second-order valence-corrected chi connectivity index (χ2v) is 6.15. The van der Waals surface area contributed by atoms with Gasteiger partial charge in [0.15, 0.2) is 0 Å². The van der Waals surface area contributed by atoms with Crippen LogP contribution in [0.2, 0.25) is 0 Å². The molecule has 1 heterocycles. The molecule has 0 amide bonds. The number of nitrogens with zero attached hydrogens (tertiary/aromatic N) is 4. The van der Waals surface area contributed by atoms with Crippen LogP contribution in [0.3, 0.4) is 0 Å². The van der Waals surface area contributed by atoms with Gasteiger partial charge in [-0.3, -0.25) is 0 Å². The van der Waals surface area contributed by atoms with Gasteiger partial charge in [0.2, 0.25) is 0 Å². The number of fused-ring (bicyclic) bond motifs is 1. The molecule has 4 rings (SSSR count). The SMILES string of the molecule is Cc1ccc(C)c(Oc2ccc(C#N)c(-n3nnc4ccccc43)c2)c1. The monoisotopic (exact) mass is 340 g/mol. The molecule has 26 heavy (non-hydrogen) atoms. The van der Waals surface area contributed by atoms with E-state index in [1.807, 2.05) is 62.4 Å². The molecule has 0 atom stereocenters. The largest absolute Gasteiger partial charge is 0.457 e. The minimum absolute atomic E-state index is 0.508. The quantitative estimate of drug-likeness (QED) is 0.542. The van der Waals surface area contributed by atoms with Crippen LogP contribution in [0.4, 0.5) is 0 Å². The summed E-state index contributed by atoms with van der Waals surface area (Å²) in [4.78, 5) is 0. The summed E-state index contributed by atoms with van der Waals surface area (Å²) in [6.45, 7) is 4.03. The maximum Gasteiger partial charge on any atom is 0.130 e. The zero-order chi connectivity index (χ0) is 18.1. The molecule has 0 saturated carbocycles. The molecule has 0 N–H and O–H groups in total. The third-order valence-electron chi connectivity index (χ3n) is 4.24. The maximum absolute atomic E-state index is 9.50. The molecule has 5 nitrogen and oxygen atoms in total. The molecule has 0 radical (unpaired) electrons. The molecule has 0 bridgehead atoms. The van der Waals surface area contributed by atoms with Crippen molar-refractivity contribution in [1.29, 1.82) is 5.26 Å². The average Bonchev–Trinajstić information content (AvgIpc) is 3.08. The van der Waals surface area contributed by atoms with Crippen molar-refractivity contribution in [1.82, 2.24) is 15.0 Å². The molecule has 3 aromatic carbocycles. The van der Waals surface area contributed by atoms with Gasteiger partial charge in [-0.1, -0.05) is 29.5 Å². The Morgan fingerprint density at radius 2 is 1.85 bits per heavy atom. The standard InChI is InChI=1S/C21H16N4O/c1-14-7-8-15(2)21(11-14)26-17-10-9-16(13-22)20(12-17)25-19-6-4-3-5-18(19)23-24-25/h3-12H,1-2H3. The zero-order valence-electron chi connectivity index (χ0n) is 14.5. The lowest BCUT2D eigenvalue weighted by atomic mass is 10.1. The van der Waals surface area contributed by atoms with E-state index in [0.29, 0.717) is 17.0 Å². The molecule has 0 aliphatic rings. The second kappa shape index (κ2) is 6.34. The van der Waals surface area contributed by atoms with Gasteiger partial charge in [0, 0.05) is 6.07 Å². The van der Waals surface area contributed by atoms with Gasteiger partial charge in [0.05, 0.1) is 16.8 Å². The lowest BCUT2D eigenvalue weighted by Crippen LogP contribution is -2.00. The number of aryl methyl sites for hydroxylation is 2. The van der Waals surface area contributed by atoms with Crippen molar-refractivity contribution in [3.05, 3.63) is 77.4 Å². The Morgan fingerprint density at radius 1 is 1.00 bits per heavy atom. The average molecular weight is 340 g/mol. The van der Waals surface area contributed by atoms with Crippen molar-refractivity contribution in [2.45, 2.75) is 13.8 Å². The van der Waals surface area contributed by atoms with Crippen LogP contribution in [-0.2, 0) is 0 Å². The Kier molecular flexibility index (Phi) is 3.86. The van der Waals surface area contributed by atoms with Crippen molar-refractivity contribution < 1.29 is 4.74 Å². The highest BCUT2D eigenvalue weighted by Crippen LogP contribution is 2.29. The molecule has 0 spiro atoms. The van der Waals surface area contributed by atoms with E-state index in [2.05, 4.69) is 16.4 Å². The fourth-order valence-corrected chi connectivity index (χ4v) is 2.84. The lowest BCUT2D eigenvalue weighted by molar-refractivity contribution is 0.478. The molecular formula is C21H16N4O. The van der Waals surface area contributed by atoms with E-state index in [9.17, 15) is 5.26 Å². The molecule has 0 unspecified atom stereocenters.